The fourth-order valence-corrected chi connectivity index (χ4v) is 3.72. The van der Waals surface area contributed by atoms with Gasteiger partial charge in [-0.05, 0) is 42.5 Å². The molecule has 0 atom stereocenters. The topological polar surface area (TPSA) is 67.6 Å². The van der Waals surface area contributed by atoms with Gasteiger partial charge in [-0.1, -0.05) is 0 Å². The Morgan fingerprint density at radius 3 is 2.57 bits per heavy atom. The van der Waals surface area contributed by atoms with E-state index in [-0.39, 0.29) is 5.82 Å². The van der Waals surface area contributed by atoms with E-state index in [1.807, 2.05) is 28.8 Å². The van der Waals surface area contributed by atoms with Gasteiger partial charge in [0.05, 0.1) is 12.8 Å². The number of piperazine rings is 1. The Morgan fingerprint density at radius 2 is 1.80 bits per heavy atom. The number of imidazole rings is 1. The monoisotopic (exact) mass is 404 g/mol. The molecule has 0 radical (unpaired) electrons. The van der Waals surface area contributed by atoms with E-state index < -0.39 is 0 Å². The Kier molecular flexibility index (Phi) is 4.76. The zero-order valence-electron chi connectivity index (χ0n) is 16.5. The van der Waals surface area contributed by atoms with Crippen LogP contribution in [0.4, 0.5) is 10.2 Å². The van der Waals surface area contributed by atoms with Crippen molar-refractivity contribution in [3.05, 3.63) is 60.5 Å². The van der Waals surface area contributed by atoms with Gasteiger partial charge in [0.25, 0.3) is 0 Å². The number of ether oxygens (including phenoxy) is 1. The summed E-state index contributed by atoms with van der Waals surface area (Å²) in [5, 5.41) is 8.27. The molecule has 7 nitrogen and oxygen atoms in total. The average molecular weight is 404 g/mol. The first-order chi connectivity index (χ1) is 14.7. The van der Waals surface area contributed by atoms with Crippen LogP contribution < -0.4 is 15.0 Å². The lowest BCUT2D eigenvalue weighted by Gasteiger charge is -2.28. The van der Waals surface area contributed by atoms with Gasteiger partial charge >= 0.3 is 0 Å². The van der Waals surface area contributed by atoms with Crippen LogP contribution in [-0.4, -0.2) is 52.9 Å². The quantitative estimate of drug-likeness (QED) is 0.564. The molecule has 0 bridgehead atoms. The number of fused-ring (bicyclic) bond motifs is 1. The Balaban J connectivity index is 1.72. The normalized spacial score (nSPS) is 14.3. The highest BCUT2D eigenvalue weighted by Gasteiger charge is 2.20. The van der Waals surface area contributed by atoms with Gasteiger partial charge in [-0.25, -0.2) is 18.9 Å². The maximum Gasteiger partial charge on any atom is 0.213 e. The molecule has 0 unspecified atom stereocenters. The molecular weight excluding hydrogens is 383 g/mol. The maximum absolute atomic E-state index is 13.5. The number of nitrogens with one attached hydrogen (secondary N) is 1. The van der Waals surface area contributed by atoms with E-state index >= 15 is 0 Å². The molecule has 1 fully saturated rings. The predicted molar refractivity (Wildman–Crippen MR) is 113 cm³/mol. The van der Waals surface area contributed by atoms with Gasteiger partial charge in [-0.2, -0.15) is 0 Å². The number of anilines is 1. The molecule has 1 N–H and O–H groups in total. The Bertz CT molecular complexity index is 1180. The summed E-state index contributed by atoms with van der Waals surface area (Å²) in [6.45, 7) is 3.66. The van der Waals surface area contributed by atoms with Crippen LogP contribution in [0.15, 0.2) is 54.7 Å². The number of hydrogen-bond donors (Lipinski definition) is 1. The van der Waals surface area contributed by atoms with E-state index in [9.17, 15) is 4.39 Å². The third kappa shape index (κ3) is 3.35. The second-order valence-corrected chi connectivity index (χ2v) is 7.10. The van der Waals surface area contributed by atoms with E-state index in [1.54, 1.807) is 25.4 Å². The van der Waals surface area contributed by atoms with Crippen molar-refractivity contribution >= 4 is 11.5 Å². The van der Waals surface area contributed by atoms with Crippen molar-refractivity contribution in [1.82, 2.24) is 24.9 Å². The predicted octanol–water partition coefficient (Wildman–Crippen LogP) is 3.02. The van der Waals surface area contributed by atoms with Crippen molar-refractivity contribution in [1.29, 1.82) is 0 Å². The highest BCUT2D eigenvalue weighted by molar-refractivity contribution is 5.82. The first-order valence-corrected chi connectivity index (χ1v) is 9.85. The van der Waals surface area contributed by atoms with Gasteiger partial charge in [0.1, 0.15) is 17.3 Å². The molecule has 5 rings (SSSR count). The van der Waals surface area contributed by atoms with Crippen LogP contribution in [0, 0.1) is 5.82 Å². The molecule has 0 spiro atoms. The van der Waals surface area contributed by atoms with Crippen LogP contribution >= 0.6 is 0 Å². The number of nitrogens with zero attached hydrogens (tertiary/aromatic N) is 5. The van der Waals surface area contributed by atoms with Crippen LogP contribution in [0.5, 0.6) is 5.88 Å². The standard InChI is InChI=1S/C22H21FN6O/c1-30-20-14-16(8-9-25-20)22-21(15-2-4-17(23)5-3-15)26-18-6-7-19(27-29(18)22)28-12-10-24-11-13-28/h2-9,14,24H,10-13H2,1H3. The summed E-state index contributed by atoms with van der Waals surface area (Å²) in [6, 6.07) is 14.1. The van der Waals surface area contributed by atoms with E-state index in [0.717, 1.165) is 60.2 Å². The van der Waals surface area contributed by atoms with Crippen molar-refractivity contribution in [2.75, 3.05) is 38.2 Å². The molecule has 8 heteroatoms. The highest BCUT2D eigenvalue weighted by Crippen LogP contribution is 2.34. The van der Waals surface area contributed by atoms with E-state index in [1.165, 1.54) is 12.1 Å². The summed E-state index contributed by atoms with van der Waals surface area (Å²) in [7, 11) is 1.59. The molecule has 1 aliphatic heterocycles. The van der Waals surface area contributed by atoms with Crippen molar-refractivity contribution < 1.29 is 9.13 Å². The Hall–Kier alpha value is -3.52. The van der Waals surface area contributed by atoms with Gasteiger partial charge in [0.15, 0.2) is 5.65 Å². The number of hydrogen-bond acceptors (Lipinski definition) is 6. The smallest absolute Gasteiger partial charge is 0.213 e. The third-order valence-corrected chi connectivity index (χ3v) is 5.24. The number of pyridine rings is 1. The fourth-order valence-electron chi connectivity index (χ4n) is 3.72. The zero-order valence-corrected chi connectivity index (χ0v) is 16.5. The van der Waals surface area contributed by atoms with Gasteiger partial charge in [-0.3, -0.25) is 0 Å². The molecule has 4 aromatic rings. The lowest BCUT2D eigenvalue weighted by atomic mass is 10.1. The summed E-state index contributed by atoms with van der Waals surface area (Å²) in [6.07, 6.45) is 1.70. The molecule has 1 aliphatic rings. The minimum absolute atomic E-state index is 0.284. The molecule has 3 aromatic heterocycles. The Morgan fingerprint density at radius 1 is 1.00 bits per heavy atom. The number of halogens is 1. The lowest BCUT2D eigenvalue weighted by Crippen LogP contribution is -2.44. The van der Waals surface area contributed by atoms with Crippen LogP contribution in [0.3, 0.4) is 0 Å². The SMILES string of the molecule is COc1cc(-c2c(-c3ccc(F)cc3)nc3ccc(N4CCNCC4)nn23)ccn1. The molecule has 0 amide bonds. The van der Waals surface area contributed by atoms with Crippen molar-refractivity contribution in [2.24, 2.45) is 0 Å². The van der Waals surface area contributed by atoms with Crippen LogP contribution in [0.1, 0.15) is 0 Å². The molecule has 1 aromatic carbocycles. The van der Waals surface area contributed by atoms with Crippen molar-refractivity contribution in [2.45, 2.75) is 0 Å². The number of rotatable bonds is 4. The first-order valence-electron chi connectivity index (χ1n) is 9.85. The molecule has 0 aliphatic carbocycles. The third-order valence-electron chi connectivity index (χ3n) is 5.24. The first kappa shape index (κ1) is 18.5. The number of aromatic nitrogens is 4. The molecule has 152 valence electrons. The van der Waals surface area contributed by atoms with E-state index in [4.69, 9.17) is 14.8 Å². The van der Waals surface area contributed by atoms with Crippen LogP contribution in [-0.2, 0) is 0 Å². The fraction of sp³-hybridized carbons (Fsp3) is 0.227. The van der Waals surface area contributed by atoms with Crippen molar-refractivity contribution in [3.8, 4) is 28.4 Å². The summed E-state index contributed by atoms with van der Waals surface area (Å²) in [5.41, 5.74) is 3.96. The molecular formula is C22H21FN6O. The van der Waals surface area contributed by atoms with Gasteiger partial charge in [0, 0.05) is 49.6 Å². The number of benzene rings is 1. The molecule has 0 saturated carbocycles. The second-order valence-electron chi connectivity index (χ2n) is 7.10. The van der Waals surface area contributed by atoms with Crippen molar-refractivity contribution in [3.63, 3.8) is 0 Å². The summed E-state index contributed by atoms with van der Waals surface area (Å²) < 4.78 is 20.7. The van der Waals surface area contributed by atoms with E-state index in [0.29, 0.717) is 5.88 Å². The highest BCUT2D eigenvalue weighted by atomic mass is 19.1. The van der Waals surface area contributed by atoms with Crippen LogP contribution in [0.25, 0.3) is 28.2 Å². The van der Waals surface area contributed by atoms with Gasteiger partial charge in [-0.15, -0.1) is 5.10 Å². The summed E-state index contributed by atoms with van der Waals surface area (Å²) in [5.74, 6) is 1.12. The number of methoxy groups -OCH3 is 1. The van der Waals surface area contributed by atoms with Gasteiger partial charge < -0.3 is 15.0 Å². The lowest BCUT2D eigenvalue weighted by molar-refractivity contribution is 0.398. The molecule has 4 heterocycles. The maximum atomic E-state index is 13.5. The zero-order chi connectivity index (χ0) is 20.5. The summed E-state index contributed by atoms with van der Waals surface area (Å²) in [4.78, 5) is 11.3. The minimum Gasteiger partial charge on any atom is -0.481 e. The van der Waals surface area contributed by atoms with E-state index in [2.05, 4.69) is 15.2 Å². The largest absolute Gasteiger partial charge is 0.481 e. The Labute approximate surface area is 173 Å². The molecule has 30 heavy (non-hydrogen) atoms. The second kappa shape index (κ2) is 7.72. The van der Waals surface area contributed by atoms with Crippen LogP contribution in [0.2, 0.25) is 0 Å². The van der Waals surface area contributed by atoms with Gasteiger partial charge in [0.2, 0.25) is 5.88 Å². The minimum atomic E-state index is -0.284. The summed E-state index contributed by atoms with van der Waals surface area (Å²) >= 11 is 0. The average Bonchev–Trinajstić information content (AvgIpc) is 3.19. The molecule has 1 saturated heterocycles.